The maximum atomic E-state index is 15.0. The Labute approximate surface area is 227 Å². The Morgan fingerprint density at radius 3 is 2.40 bits per heavy atom. The minimum Gasteiger partial charge on any atom is -0.468 e. The summed E-state index contributed by atoms with van der Waals surface area (Å²) in [7, 11) is 0. The van der Waals surface area contributed by atoms with Gasteiger partial charge in [-0.25, -0.2) is 9.37 Å². The van der Waals surface area contributed by atoms with Crippen molar-refractivity contribution >= 4 is 16.7 Å². The van der Waals surface area contributed by atoms with Crippen molar-refractivity contribution in [1.29, 1.82) is 0 Å². The molecule has 0 radical (unpaired) electrons. The lowest BCUT2D eigenvalue weighted by Crippen LogP contribution is -2.51. The van der Waals surface area contributed by atoms with E-state index in [9.17, 15) is 36.2 Å². The third-order valence-electron chi connectivity index (χ3n) is 6.76. The average Bonchev–Trinajstić information content (AvgIpc) is 3.43. The molecule has 1 fully saturated rings. The highest BCUT2D eigenvalue weighted by Gasteiger charge is 2.41. The van der Waals surface area contributed by atoms with Gasteiger partial charge in [-0.1, -0.05) is 24.3 Å². The molecule has 2 N–H and O–H groups in total. The molecule has 2 aromatic carbocycles. The van der Waals surface area contributed by atoms with Crippen LogP contribution in [0.3, 0.4) is 0 Å². The first-order valence-corrected chi connectivity index (χ1v) is 12.8. The highest BCUT2D eigenvalue weighted by molar-refractivity contribution is 5.84. The second-order valence-electron chi connectivity index (χ2n) is 9.90. The Bertz CT molecular complexity index is 1300. The van der Waals surface area contributed by atoms with Crippen LogP contribution < -0.4 is 10.1 Å². The third-order valence-corrected chi connectivity index (χ3v) is 6.76. The smallest absolute Gasteiger partial charge is 0.422 e. The van der Waals surface area contributed by atoms with Crippen molar-refractivity contribution in [2.24, 2.45) is 0 Å². The van der Waals surface area contributed by atoms with Gasteiger partial charge in [-0.3, -0.25) is 4.79 Å². The molecule has 0 aliphatic carbocycles. The number of aromatic nitrogens is 1. The number of nitrogens with zero attached hydrogens (tertiary/aromatic N) is 2. The number of hydrogen-bond acceptors (Lipinski definition) is 5. The first kappa shape index (κ1) is 29.6. The number of pyridine rings is 1. The van der Waals surface area contributed by atoms with Crippen LogP contribution in [0, 0.1) is 5.82 Å². The van der Waals surface area contributed by atoms with Gasteiger partial charge in [-0.05, 0) is 66.9 Å². The summed E-state index contributed by atoms with van der Waals surface area (Å²) >= 11 is 0. The van der Waals surface area contributed by atoms with Crippen molar-refractivity contribution < 1.29 is 41.0 Å². The first-order valence-electron chi connectivity index (χ1n) is 12.8. The molecule has 1 aliphatic rings. The molecule has 1 amide bonds. The van der Waals surface area contributed by atoms with Crippen LogP contribution in [-0.4, -0.2) is 65.3 Å². The second-order valence-corrected chi connectivity index (χ2v) is 9.90. The van der Waals surface area contributed by atoms with E-state index in [1.807, 2.05) is 4.90 Å². The number of aliphatic hydroxyl groups is 1. The Hall–Kier alpha value is -3.38. The highest BCUT2D eigenvalue weighted by atomic mass is 19.4. The van der Waals surface area contributed by atoms with Crippen LogP contribution in [0.4, 0.5) is 26.3 Å². The monoisotopic (exact) mass is 569 g/mol. The van der Waals surface area contributed by atoms with Gasteiger partial charge >= 0.3 is 12.1 Å². The maximum Gasteiger partial charge on any atom is 0.422 e. The van der Waals surface area contributed by atoms with Crippen molar-refractivity contribution in [1.82, 2.24) is 15.2 Å². The van der Waals surface area contributed by atoms with Crippen LogP contribution in [0.2, 0.25) is 0 Å². The van der Waals surface area contributed by atoms with Gasteiger partial charge in [-0.2, -0.15) is 22.0 Å². The lowest BCUT2D eigenvalue weighted by molar-refractivity contribution is -0.154. The van der Waals surface area contributed by atoms with Crippen LogP contribution in [0.5, 0.6) is 5.88 Å². The Morgan fingerprint density at radius 2 is 1.73 bits per heavy atom. The first-order chi connectivity index (χ1) is 18.9. The van der Waals surface area contributed by atoms with E-state index in [0.717, 1.165) is 25.1 Å². The number of alkyl halides is 5. The lowest BCUT2D eigenvalue weighted by atomic mass is 10.0. The molecule has 6 nitrogen and oxygen atoms in total. The predicted octanol–water partition coefficient (Wildman–Crippen LogP) is 5.20. The highest BCUT2D eigenvalue weighted by Crippen LogP contribution is 2.27. The zero-order chi connectivity index (χ0) is 28.9. The summed E-state index contributed by atoms with van der Waals surface area (Å²) in [5.74, 6) is -6.03. The summed E-state index contributed by atoms with van der Waals surface area (Å²) in [6.45, 7) is -0.105. The summed E-state index contributed by atoms with van der Waals surface area (Å²) in [6.07, 6.45) is -4.05. The summed E-state index contributed by atoms with van der Waals surface area (Å²) in [5, 5.41) is 14.6. The Balaban J connectivity index is 1.42. The standard InChI is InChI=1S/C28H29F6N3O3/c29-22-7-5-19-13-18(3-4-20(19)14-22)9-10-27(30,31)26(39)36-23(16-37-11-1-2-12-37)25(38)21-6-8-24(35-15-21)40-17-28(32,33)34/h3-8,13-15,23,25,38H,1-2,9-12,16-17H2,(H,36,39). The van der Waals surface area contributed by atoms with Gasteiger partial charge in [-0.15, -0.1) is 0 Å². The fourth-order valence-corrected chi connectivity index (χ4v) is 4.62. The van der Waals surface area contributed by atoms with E-state index >= 15 is 0 Å². The van der Waals surface area contributed by atoms with Crippen molar-refractivity contribution in [3.8, 4) is 5.88 Å². The lowest BCUT2D eigenvalue weighted by Gasteiger charge is -2.30. The maximum absolute atomic E-state index is 15.0. The molecule has 2 unspecified atom stereocenters. The van der Waals surface area contributed by atoms with Crippen LogP contribution >= 0.6 is 0 Å². The minimum atomic E-state index is -4.55. The molecule has 0 spiro atoms. The van der Waals surface area contributed by atoms with Crippen LogP contribution in [0.25, 0.3) is 10.8 Å². The van der Waals surface area contributed by atoms with E-state index < -0.39 is 49.0 Å². The fraction of sp³-hybridized carbons (Fsp3) is 0.429. The number of amides is 1. The molecule has 12 heteroatoms. The van der Waals surface area contributed by atoms with Gasteiger partial charge in [0.25, 0.3) is 5.91 Å². The van der Waals surface area contributed by atoms with E-state index in [2.05, 4.69) is 15.0 Å². The van der Waals surface area contributed by atoms with E-state index in [-0.39, 0.29) is 24.4 Å². The number of carbonyl (C=O) groups is 1. The van der Waals surface area contributed by atoms with Gasteiger partial charge in [0.2, 0.25) is 5.88 Å². The van der Waals surface area contributed by atoms with E-state index in [4.69, 9.17) is 0 Å². The molecule has 0 saturated carbocycles. The zero-order valence-electron chi connectivity index (χ0n) is 21.4. The van der Waals surface area contributed by atoms with E-state index in [1.165, 1.54) is 18.2 Å². The summed E-state index contributed by atoms with van der Waals surface area (Å²) < 4.78 is 85.0. The SMILES string of the molecule is O=C(NC(CN1CCCC1)C(O)c1ccc(OCC(F)(F)F)nc1)C(F)(F)CCc1ccc2cc(F)ccc2c1. The van der Waals surface area contributed by atoms with Crippen LogP contribution in [0.1, 0.15) is 36.5 Å². The molecule has 0 bridgehead atoms. The van der Waals surface area contributed by atoms with Crippen molar-refractivity contribution in [2.75, 3.05) is 26.2 Å². The van der Waals surface area contributed by atoms with Crippen LogP contribution in [-0.2, 0) is 11.2 Å². The van der Waals surface area contributed by atoms with Crippen molar-refractivity contribution in [3.05, 3.63) is 71.7 Å². The number of hydrogen-bond donors (Lipinski definition) is 2. The molecule has 1 saturated heterocycles. The fourth-order valence-electron chi connectivity index (χ4n) is 4.62. The third kappa shape index (κ3) is 8.07. The number of aliphatic hydroxyl groups excluding tert-OH is 1. The summed E-state index contributed by atoms with van der Waals surface area (Å²) in [5.41, 5.74) is 0.680. The van der Waals surface area contributed by atoms with Gasteiger partial charge in [0.15, 0.2) is 6.61 Å². The minimum absolute atomic E-state index is 0.0938. The number of rotatable bonds is 11. The van der Waals surface area contributed by atoms with E-state index in [0.29, 0.717) is 29.4 Å². The van der Waals surface area contributed by atoms with Crippen molar-refractivity contribution in [3.63, 3.8) is 0 Å². The van der Waals surface area contributed by atoms with Gasteiger partial charge < -0.3 is 20.1 Å². The number of fused-ring (bicyclic) bond motifs is 1. The molecule has 1 aromatic heterocycles. The molecule has 3 aromatic rings. The van der Waals surface area contributed by atoms with Crippen molar-refractivity contribution in [2.45, 2.75) is 49.9 Å². The quantitative estimate of drug-likeness (QED) is 0.311. The largest absolute Gasteiger partial charge is 0.468 e. The van der Waals surface area contributed by atoms with Gasteiger partial charge in [0.1, 0.15) is 11.9 Å². The summed E-state index contributed by atoms with van der Waals surface area (Å²) in [6, 6.07) is 10.3. The Kier molecular flexibility index (Phi) is 9.19. The second kappa shape index (κ2) is 12.4. The number of nitrogens with one attached hydrogen (secondary N) is 1. The molecule has 216 valence electrons. The van der Waals surface area contributed by atoms with Gasteiger partial charge in [0.05, 0.1) is 6.04 Å². The predicted molar refractivity (Wildman–Crippen MR) is 136 cm³/mol. The molecule has 4 rings (SSSR count). The summed E-state index contributed by atoms with van der Waals surface area (Å²) in [4.78, 5) is 18.4. The molecule has 2 heterocycles. The zero-order valence-corrected chi connectivity index (χ0v) is 21.4. The average molecular weight is 570 g/mol. The molecular formula is C28H29F6N3O3. The molecule has 2 atom stereocenters. The molecule has 40 heavy (non-hydrogen) atoms. The molecular weight excluding hydrogens is 540 g/mol. The van der Waals surface area contributed by atoms with Crippen LogP contribution in [0.15, 0.2) is 54.7 Å². The normalized spacial score (nSPS) is 16.2. The number of aryl methyl sites for hydroxylation is 1. The number of carbonyl (C=O) groups excluding carboxylic acids is 1. The van der Waals surface area contributed by atoms with E-state index in [1.54, 1.807) is 24.3 Å². The molecule has 1 aliphatic heterocycles. The number of halogens is 6. The Morgan fingerprint density at radius 1 is 1.02 bits per heavy atom. The number of ether oxygens (including phenoxy) is 1. The topological polar surface area (TPSA) is 74.7 Å². The van der Waals surface area contributed by atoms with Gasteiger partial charge in [0, 0.05) is 30.8 Å². The number of likely N-dealkylation sites (tertiary alicyclic amines) is 1. The number of benzene rings is 2.